The van der Waals surface area contributed by atoms with Crippen LogP contribution in [-0.4, -0.2) is 0 Å². The lowest BCUT2D eigenvalue weighted by Crippen LogP contribution is -2.37. The minimum atomic E-state index is 0.0501. The zero-order chi connectivity index (χ0) is 18.4. The molecule has 0 aromatic heterocycles. The normalized spacial score (nSPS) is 41.5. The summed E-state index contributed by atoms with van der Waals surface area (Å²) in [6.07, 6.45) is 22.2. The maximum atomic E-state index is 10.0. The standard InChI is InChI=1S/C25H43N/c1-3-5-6-21-7-9-22(10-8-21)23-11-13-24(14-12-23)25(19-26)17-15-20(4-2)16-18-25/h20-24H,3-18H2,1-2H3/t20-,21-,22-,23-,24-,25+. The van der Waals surface area contributed by atoms with Gasteiger partial charge in [0, 0.05) is 0 Å². The minimum absolute atomic E-state index is 0.0501. The molecule has 0 aliphatic heterocycles. The van der Waals surface area contributed by atoms with Crippen LogP contribution in [0, 0.1) is 46.3 Å². The van der Waals surface area contributed by atoms with Gasteiger partial charge in [-0.1, -0.05) is 52.4 Å². The quantitative estimate of drug-likeness (QED) is 0.474. The summed E-state index contributed by atoms with van der Waals surface area (Å²) in [5.41, 5.74) is 0.0501. The smallest absolute Gasteiger partial charge is 0.0692 e. The van der Waals surface area contributed by atoms with Gasteiger partial charge in [0.2, 0.25) is 0 Å². The van der Waals surface area contributed by atoms with Crippen LogP contribution in [0.3, 0.4) is 0 Å². The first-order valence-electron chi connectivity index (χ1n) is 12.1. The third-order valence-electron chi connectivity index (χ3n) is 8.87. The molecule has 0 unspecified atom stereocenters. The number of hydrogen-bond acceptors (Lipinski definition) is 1. The first-order chi connectivity index (χ1) is 12.7. The highest BCUT2D eigenvalue weighted by atomic mass is 14.5. The van der Waals surface area contributed by atoms with Gasteiger partial charge in [0.15, 0.2) is 0 Å². The molecule has 1 heteroatoms. The van der Waals surface area contributed by atoms with Crippen molar-refractivity contribution in [3.8, 4) is 6.07 Å². The van der Waals surface area contributed by atoms with Gasteiger partial charge in [0.25, 0.3) is 0 Å². The first kappa shape index (κ1) is 20.2. The summed E-state index contributed by atoms with van der Waals surface area (Å²) in [6.45, 7) is 4.65. The Morgan fingerprint density at radius 1 is 0.769 bits per heavy atom. The van der Waals surface area contributed by atoms with Gasteiger partial charge in [-0.3, -0.25) is 0 Å². The van der Waals surface area contributed by atoms with Gasteiger partial charge in [-0.25, -0.2) is 0 Å². The molecular formula is C25H43N. The lowest BCUT2D eigenvalue weighted by Gasteiger charge is -2.45. The van der Waals surface area contributed by atoms with Crippen LogP contribution in [0.5, 0.6) is 0 Å². The molecule has 3 aliphatic carbocycles. The number of rotatable bonds is 6. The molecule has 3 rings (SSSR count). The van der Waals surface area contributed by atoms with Crippen molar-refractivity contribution in [2.45, 2.75) is 117 Å². The fraction of sp³-hybridized carbons (Fsp3) is 0.960. The fourth-order valence-electron chi connectivity index (χ4n) is 6.80. The Morgan fingerprint density at radius 2 is 1.35 bits per heavy atom. The summed E-state index contributed by atoms with van der Waals surface area (Å²) < 4.78 is 0. The van der Waals surface area contributed by atoms with E-state index in [1.807, 2.05) is 0 Å². The minimum Gasteiger partial charge on any atom is -0.198 e. The maximum Gasteiger partial charge on any atom is 0.0692 e. The molecule has 1 nitrogen and oxygen atoms in total. The van der Waals surface area contributed by atoms with E-state index in [0.29, 0.717) is 5.92 Å². The molecule has 0 aromatic carbocycles. The molecule has 0 spiro atoms. The number of hydrogen-bond donors (Lipinski definition) is 0. The van der Waals surface area contributed by atoms with Crippen molar-refractivity contribution in [1.82, 2.24) is 0 Å². The molecule has 0 bridgehead atoms. The third kappa shape index (κ3) is 4.66. The van der Waals surface area contributed by atoms with Gasteiger partial charge < -0.3 is 0 Å². The molecule has 0 aromatic rings. The maximum absolute atomic E-state index is 10.0. The monoisotopic (exact) mass is 357 g/mol. The van der Waals surface area contributed by atoms with Crippen molar-refractivity contribution < 1.29 is 0 Å². The van der Waals surface area contributed by atoms with Crippen LogP contribution in [0.15, 0.2) is 0 Å². The Balaban J connectivity index is 1.45. The van der Waals surface area contributed by atoms with E-state index in [-0.39, 0.29) is 5.41 Å². The van der Waals surface area contributed by atoms with Crippen LogP contribution in [0.2, 0.25) is 0 Å². The molecule has 0 N–H and O–H groups in total. The zero-order valence-corrected chi connectivity index (χ0v) is 17.6. The Labute approximate surface area is 163 Å². The topological polar surface area (TPSA) is 23.8 Å². The Kier molecular flexibility index (Phi) is 7.48. The lowest BCUT2D eigenvalue weighted by molar-refractivity contribution is 0.0657. The highest BCUT2D eigenvalue weighted by Crippen LogP contribution is 2.52. The van der Waals surface area contributed by atoms with Gasteiger partial charge in [0.1, 0.15) is 0 Å². The second-order valence-electron chi connectivity index (χ2n) is 10.2. The van der Waals surface area contributed by atoms with Crippen LogP contribution < -0.4 is 0 Å². The van der Waals surface area contributed by atoms with Crippen molar-refractivity contribution in [1.29, 1.82) is 5.26 Å². The molecule has 26 heavy (non-hydrogen) atoms. The largest absolute Gasteiger partial charge is 0.198 e. The van der Waals surface area contributed by atoms with Gasteiger partial charge in [-0.15, -0.1) is 0 Å². The third-order valence-corrected chi connectivity index (χ3v) is 8.87. The second-order valence-corrected chi connectivity index (χ2v) is 10.2. The van der Waals surface area contributed by atoms with Gasteiger partial charge >= 0.3 is 0 Å². The van der Waals surface area contributed by atoms with Crippen molar-refractivity contribution in [2.24, 2.45) is 35.0 Å². The van der Waals surface area contributed by atoms with E-state index in [9.17, 15) is 5.26 Å². The van der Waals surface area contributed by atoms with E-state index in [4.69, 9.17) is 0 Å². The molecule has 0 amide bonds. The first-order valence-corrected chi connectivity index (χ1v) is 12.1. The Bertz CT molecular complexity index is 437. The van der Waals surface area contributed by atoms with Crippen LogP contribution >= 0.6 is 0 Å². The van der Waals surface area contributed by atoms with Gasteiger partial charge in [-0.05, 0) is 93.8 Å². The van der Waals surface area contributed by atoms with Crippen molar-refractivity contribution >= 4 is 0 Å². The van der Waals surface area contributed by atoms with E-state index >= 15 is 0 Å². The summed E-state index contributed by atoms with van der Waals surface area (Å²) >= 11 is 0. The highest BCUT2D eigenvalue weighted by Gasteiger charge is 2.44. The fourth-order valence-corrected chi connectivity index (χ4v) is 6.80. The SMILES string of the molecule is CCCC[C@H]1CC[C@H]([C@H]2CC[C@H]([C@]3(C#N)CC[C@H](CC)CC3)CC2)CC1. The van der Waals surface area contributed by atoms with E-state index in [0.717, 1.165) is 23.7 Å². The predicted molar refractivity (Wildman–Crippen MR) is 111 cm³/mol. The lowest BCUT2D eigenvalue weighted by atomic mass is 9.58. The molecule has 3 aliphatic rings. The predicted octanol–water partition coefficient (Wildman–Crippen LogP) is 7.90. The molecule has 0 atom stereocenters. The Morgan fingerprint density at radius 3 is 1.85 bits per heavy atom. The molecule has 3 fully saturated rings. The van der Waals surface area contributed by atoms with E-state index < -0.39 is 0 Å². The molecule has 0 radical (unpaired) electrons. The molecular weight excluding hydrogens is 314 g/mol. The van der Waals surface area contributed by atoms with Crippen molar-refractivity contribution in [3.05, 3.63) is 0 Å². The van der Waals surface area contributed by atoms with Crippen LogP contribution in [-0.2, 0) is 0 Å². The summed E-state index contributed by atoms with van der Waals surface area (Å²) in [4.78, 5) is 0. The number of unbranched alkanes of at least 4 members (excludes halogenated alkanes) is 1. The highest BCUT2D eigenvalue weighted by molar-refractivity contribution is 5.06. The van der Waals surface area contributed by atoms with Crippen molar-refractivity contribution in [3.63, 3.8) is 0 Å². The molecule has 0 saturated heterocycles. The Hall–Kier alpha value is -0.510. The van der Waals surface area contributed by atoms with Gasteiger partial charge in [-0.2, -0.15) is 5.26 Å². The second kappa shape index (κ2) is 9.61. The molecule has 148 valence electrons. The molecule has 3 saturated carbocycles. The zero-order valence-electron chi connectivity index (χ0n) is 17.6. The van der Waals surface area contributed by atoms with Crippen LogP contribution in [0.25, 0.3) is 0 Å². The summed E-state index contributed by atoms with van der Waals surface area (Å²) in [5, 5.41) is 10.0. The van der Waals surface area contributed by atoms with Gasteiger partial charge in [0.05, 0.1) is 11.5 Å². The average Bonchev–Trinajstić information content (AvgIpc) is 2.73. The summed E-state index contributed by atoms with van der Waals surface area (Å²) in [6, 6.07) is 2.85. The molecule has 0 heterocycles. The summed E-state index contributed by atoms with van der Waals surface area (Å²) in [5.74, 6) is 4.65. The average molecular weight is 358 g/mol. The van der Waals surface area contributed by atoms with E-state index in [1.165, 1.54) is 103 Å². The number of nitrogens with zero attached hydrogens (tertiary/aromatic N) is 1. The van der Waals surface area contributed by atoms with Crippen LogP contribution in [0.4, 0.5) is 0 Å². The number of nitriles is 1. The summed E-state index contributed by atoms with van der Waals surface area (Å²) in [7, 11) is 0. The van der Waals surface area contributed by atoms with Crippen LogP contribution in [0.1, 0.15) is 117 Å². The van der Waals surface area contributed by atoms with Crippen molar-refractivity contribution in [2.75, 3.05) is 0 Å². The van der Waals surface area contributed by atoms with E-state index in [2.05, 4.69) is 19.9 Å². The van der Waals surface area contributed by atoms with E-state index in [1.54, 1.807) is 0 Å².